The zero-order valence-electron chi connectivity index (χ0n) is 12.4. The van der Waals surface area contributed by atoms with Crippen molar-refractivity contribution in [3.05, 3.63) is 29.6 Å². The lowest BCUT2D eigenvalue weighted by molar-refractivity contribution is -0.137. The highest BCUT2D eigenvalue weighted by Gasteiger charge is 2.23. The van der Waals surface area contributed by atoms with Crippen LogP contribution in [0.15, 0.2) is 18.2 Å². The first-order chi connectivity index (χ1) is 9.85. The van der Waals surface area contributed by atoms with Gasteiger partial charge in [-0.3, -0.25) is 9.59 Å². The van der Waals surface area contributed by atoms with Gasteiger partial charge >= 0.3 is 5.97 Å². The first-order valence-corrected chi connectivity index (χ1v) is 6.68. The van der Waals surface area contributed by atoms with Gasteiger partial charge in [-0.05, 0) is 30.7 Å². The summed E-state index contributed by atoms with van der Waals surface area (Å²) < 4.78 is 18.4. The molecule has 0 heterocycles. The summed E-state index contributed by atoms with van der Waals surface area (Å²) in [5, 5.41) is 11.8. The number of carbonyl (C=O) groups excluding carboxylic acids is 1. The average Bonchev–Trinajstić information content (AvgIpc) is 2.42. The van der Waals surface area contributed by atoms with Crippen LogP contribution < -0.4 is 10.1 Å². The highest BCUT2D eigenvalue weighted by molar-refractivity contribution is 6.01. The maximum atomic E-state index is 13.6. The van der Waals surface area contributed by atoms with E-state index in [1.807, 2.05) is 13.8 Å². The lowest BCUT2D eigenvalue weighted by Gasteiger charge is -2.17. The Morgan fingerprint density at radius 2 is 2.05 bits per heavy atom. The molecule has 0 spiro atoms. The number of rotatable bonds is 8. The highest BCUT2D eigenvalue weighted by Crippen LogP contribution is 2.19. The Hall–Kier alpha value is -1.95. The van der Waals surface area contributed by atoms with Crippen molar-refractivity contribution in [1.29, 1.82) is 0 Å². The quantitative estimate of drug-likeness (QED) is 0.719. The minimum absolute atomic E-state index is 0.0384. The number of aliphatic carboxylic acids is 1. The number of ketones is 1. The van der Waals surface area contributed by atoms with E-state index in [-0.39, 0.29) is 23.7 Å². The largest absolute Gasteiger partial charge is 0.494 e. The SMILES string of the molecule is COc1ccc(C(=O)C(CC(=O)O)NCC(C)C)cc1F. The molecular weight excluding hydrogens is 277 g/mol. The Kier molecular flexibility index (Phi) is 6.30. The van der Waals surface area contributed by atoms with Crippen molar-refractivity contribution in [2.24, 2.45) is 5.92 Å². The van der Waals surface area contributed by atoms with E-state index in [4.69, 9.17) is 9.84 Å². The van der Waals surface area contributed by atoms with Gasteiger partial charge < -0.3 is 15.2 Å². The van der Waals surface area contributed by atoms with Crippen LogP contribution in [-0.2, 0) is 4.79 Å². The van der Waals surface area contributed by atoms with Crippen LogP contribution in [-0.4, -0.2) is 36.6 Å². The third-order valence-corrected chi connectivity index (χ3v) is 2.90. The lowest BCUT2D eigenvalue weighted by atomic mass is 10.0. The number of hydrogen-bond donors (Lipinski definition) is 2. The lowest BCUT2D eigenvalue weighted by Crippen LogP contribution is -2.40. The van der Waals surface area contributed by atoms with Crippen LogP contribution >= 0.6 is 0 Å². The van der Waals surface area contributed by atoms with Crippen LogP contribution in [0.3, 0.4) is 0 Å². The smallest absolute Gasteiger partial charge is 0.305 e. The fourth-order valence-electron chi connectivity index (χ4n) is 1.83. The number of Topliss-reactive ketones (excluding diaryl/α,β-unsaturated/α-hetero) is 1. The number of hydrogen-bond acceptors (Lipinski definition) is 4. The Balaban J connectivity index is 2.92. The number of halogens is 1. The molecular formula is C15H20FNO4. The summed E-state index contributed by atoms with van der Waals surface area (Å²) in [4.78, 5) is 23.2. The third kappa shape index (κ3) is 5.15. The zero-order chi connectivity index (χ0) is 16.0. The molecule has 0 aromatic heterocycles. The van der Waals surface area contributed by atoms with Crippen LogP contribution in [0.1, 0.15) is 30.6 Å². The number of carboxylic acid groups (broad SMARTS) is 1. The van der Waals surface area contributed by atoms with E-state index in [0.29, 0.717) is 6.54 Å². The monoisotopic (exact) mass is 297 g/mol. The molecule has 0 bridgehead atoms. The Bertz CT molecular complexity index is 516. The molecule has 0 fully saturated rings. The highest BCUT2D eigenvalue weighted by atomic mass is 19.1. The molecule has 116 valence electrons. The summed E-state index contributed by atoms with van der Waals surface area (Å²) in [6, 6.07) is 2.96. The molecule has 0 saturated carbocycles. The molecule has 0 aliphatic rings. The number of ether oxygens (including phenoxy) is 1. The molecule has 0 saturated heterocycles. The molecule has 0 aliphatic carbocycles. The van der Waals surface area contributed by atoms with Gasteiger partial charge in [-0.15, -0.1) is 0 Å². The molecule has 1 atom stereocenters. The Morgan fingerprint density at radius 3 is 2.52 bits per heavy atom. The van der Waals surface area contributed by atoms with Crippen LogP contribution in [0.5, 0.6) is 5.75 Å². The number of methoxy groups -OCH3 is 1. The molecule has 5 nitrogen and oxygen atoms in total. The number of nitrogens with one attached hydrogen (secondary N) is 1. The van der Waals surface area contributed by atoms with Crippen molar-refractivity contribution in [3.8, 4) is 5.75 Å². The second kappa shape index (κ2) is 7.73. The minimum atomic E-state index is -1.08. The predicted molar refractivity (Wildman–Crippen MR) is 76.2 cm³/mol. The van der Waals surface area contributed by atoms with E-state index >= 15 is 0 Å². The molecule has 1 unspecified atom stereocenters. The first kappa shape index (κ1) is 17.1. The molecule has 0 amide bonds. The van der Waals surface area contributed by atoms with Crippen molar-refractivity contribution < 1.29 is 23.8 Å². The average molecular weight is 297 g/mol. The number of carboxylic acids is 1. The fraction of sp³-hybridized carbons (Fsp3) is 0.467. The van der Waals surface area contributed by atoms with Crippen LogP contribution in [0.2, 0.25) is 0 Å². The second-order valence-electron chi connectivity index (χ2n) is 5.17. The van der Waals surface area contributed by atoms with Crippen molar-refractivity contribution in [2.45, 2.75) is 26.3 Å². The van der Waals surface area contributed by atoms with E-state index < -0.39 is 23.6 Å². The maximum absolute atomic E-state index is 13.6. The molecule has 1 rings (SSSR count). The van der Waals surface area contributed by atoms with Gasteiger partial charge in [0, 0.05) is 5.56 Å². The van der Waals surface area contributed by atoms with Crippen molar-refractivity contribution in [3.63, 3.8) is 0 Å². The van der Waals surface area contributed by atoms with Crippen molar-refractivity contribution in [1.82, 2.24) is 5.32 Å². The van der Waals surface area contributed by atoms with Gasteiger partial charge in [0.05, 0.1) is 19.6 Å². The van der Waals surface area contributed by atoms with Gasteiger partial charge in [0.15, 0.2) is 17.3 Å². The van der Waals surface area contributed by atoms with Crippen molar-refractivity contribution in [2.75, 3.05) is 13.7 Å². The summed E-state index contributed by atoms with van der Waals surface area (Å²) in [5.74, 6) is -1.88. The topological polar surface area (TPSA) is 75.6 Å². The van der Waals surface area contributed by atoms with Crippen LogP contribution in [0, 0.1) is 11.7 Å². The predicted octanol–water partition coefficient (Wildman–Crippen LogP) is 2.11. The van der Waals surface area contributed by atoms with E-state index in [1.165, 1.54) is 19.2 Å². The summed E-state index contributed by atoms with van der Waals surface area (Å²) in [5.41, 5.74) is 0.121. The van der Waals surface area contributed by atoms with Gasteiger partial charge in [-0.25, -0.2) is 4.39 Å². The first-order valence-electron chi connectivity index (χ1n) is 6.68. The third-order valence-electron chi connectivity index (χ3n) is 2.90. The van der Waals surface area contributed by atoms with Gasteiger partial charge in [-0.1, -0.05) is 13.8 Å². The van der Waals surface area contributed by atoms with Gasteiger partial charge in [0.25, 0.3) is 0 Å². The summed E-state index contributed by atoms with van der Waals surface area (Å²) in [6.45, 7) is 4.40. The van der Waals surface area contributed by atoms with Gasteiger partial charge in [0.2, 0.25) is 0 Å². The molecule has 0 aliphatic heterocycles. The van der Waals surface area contributed by atoms with Gasteiger partial charge in [-0.2, -0.15) is 0 Å². The molecule has 6 heteroatoms. The Morgan fingerprint density at radius 1 is 1.38 bits per heavy atom. The number of carbonyl (C=O) groups is 2. The van der Waals surface area contributed by atoms with Crippen molar-refractivity contribution >= 4 is 11.8 Å². The molecule has 21 heavy (non-hydrogen) atoms. The van der Waals surface area contributed by atoms with Crippen LogP contribution in [0.4, 0.5) is 4.39 Å². The van der Waals surface area contributed by atoms with E-state index in [2.05, 4.69) is 5.32 Å². The standard InChI is InChI=1S/C15H20FNO4/c1-9(2)8-17-12(7-14(18)19)15(20)10-4-5-13(21-3)11(16)6-10/h4-6,9,12,17H,7-8H2,1-3H3,(H,18,19). The molecule has 2 N–H and O–H groups in total. The minimum Gasteiger partial charge on any atom is -0.494 e. The fourth-order valence-corrected chi connectivity index (χ4v) is 1.83. The van der Waals surface area contributed by atoms with E-state index in [9.17, 15) is 14.0 Å². The normalized spacial score (nSPS) is 12.2. The summed E-state index contributed by atoms with van der Waals surface area (Å²) >= 11 is 0. The van der Waals surface area contributed by atoms with E-state index in [0.717, 1.165) is 6.07 Å². The maximum Gasteiger partial charge on any atom is 0.305 e. The van der Waals surface area contributed by atoms with Gasteiger partial charge in [0.1, 0.15) is 0 Å². The molecule has 1 aromatic rings. The molecule has 0 radical (unpaired) electrons. The Labute approximate surface area is 123 Å². The number of benzene rings is 1. The summed E-state index contributed by atoms with van der Waals surface area (Å²) in [6.07, 6.45) is -0.348. The molecule has 1 aromatic carbocycles. The summed E-state index contributed by atoms with van der Waals surface area (Å²) in [7, 11) is 1.33. The second-order valence-corrected chi connectivity index (χ2v) is 5.17. The zero-order valence-corrected chi connectivity index (χ0v) is 12.4. The van der Waals surface area contributed by atoms with E-state index in [1.54, 1.807) is 0 Å². The van der Waals surface area contributed by atoms with Crippen LogP contribution in [0.25, 0.3) is 0 Å².